The molecule has 0 saturated carbocycles. The summed E-state index contributed by atoms with van der Waals surface area (Å²) in [6.45, 7) is 0.539. The summed E-state index contributed by atoms with van der Waals surface area (Å²) in [6, 6.07) is 3.13. The van der Waals surface area contributed by atoms with Crippen molar-refractivity contribution in [3.8, 4) is 0 Å². The third-order valence-corrected chi connectivity index (χ3v) is 1.45. The van der Waals surface area contributed by atoms with Gasteiger partial charge in [0.1, 0.15) is 0 Å². The standard InChI is InChI=1S/C8H11N5O2/c9-3-5-10-7(14)8(15)12-6-2-1-4-11-13-6/h1-2,4H,3,5,9H2,(H,10,14)(H,12,13,15). The molecule has 0 bridgehead atoms. The van der Waals surface area contributed by atoms with E-state index in [9.17, 15) is 9.59 Å². The van der Waals surface area contributed by atoms with Crippen LogP contribution in [0.15, 0.2) is 18.3 Å². The average Bonchev–Trinajstić information content (AvgIpc) is 2.27. The van der Waals surface area contributed by atoms with Crippen molar-refractivity contribution in [2.75, 3.05) is 18.4 Å². The van der Waals surface area contributed by atoms with Crippen molar-refractivity contribution in [1.29, 1.82) is 0 Å². The van der Waals surface area contributed by atoms with Crippen LogP contribution in [0.4, 0.5) is 5.82 Å². The lowest BCUT2D eigenvalue weighted by Crippen LogP contribution is -2.38. The Kier molecular flexibility index (Phi) is 4.17. The highest BCUT2D eigenvalue weighted by atomic mass is 16.2. The highest BCUT2D eigenvalue weighted by Gasteiger charge is 2.12. The molecule has 1 aromatic heterocycles. The van der Waals surface area contributed by atoms with E-state index in [-0.39, 0.29) is 18.9 Å². The minimum Gasteiger partial charge on any atom is -0.347 e. The molecule has 0 aliphatic rings. The number of anilines is 1. The van der Waals surface area contributed by atoms with Gasteiger partial charge in [-0.3, -0.25) is 9.59 Å². The van der Waals surface area contributed by atoms with E-state index >= 15 is 0 Å². The van der Waals surface area contributed by atoms with Crippen LogP contribution in [0.1, 0.15) is 0 Å². The molecule has 15 heavy (non-hydrogen) atoms. The van der Waals surface area contributed by atoms with Crippen molar-refractivity contribution >= 4 is 17.6 Å². The minimum absolute atomic E-state index is 0.227. The quantitative estimate of drug-likeness (QED) is 0.524. The first-order valence-corrected chi connectivity index (χ1v) is 4.31. The molecule has 0 saturated heterocycles. The van der Waals surface area contributed by atoms with Gasteiger partial charge in [-0.05, 0) is 12.1 Å². The largest absolute Gasteiger partial charge is 0.347 e. The third kappa shape index (κ3) is 3.69. The maximum Gasteiger partial charge on any atom is 0.314 e. The number of aromatic nitrogens is 2. The normalized spacial score (nSPS) is 9.40. The first-order valence-electron chi connectivity index (χ1n) is 4.31. The van der Waals surface area contributed by atoms with E-state index in [2.05, 4.69) is 20.8 Å². The zero-order chi connectivity index (χ0) is 11.1. The molecule has 80 valence electrons. The van der Waals surface area contributed by atoms with E-state index in [0.29, 0.717) is 0 Å². The van der Waals surface area contributed by atoms with E-state index in [1.165, 1.54) is 12.3 Å². The summed E-state index contributed by atoms with van der Waals surface area (Å²) in [6.07, 6.45) is 1.46. The molecule has 4 N–H and O–H groups in total. The molecule has 0 radical (unpaired) electrons. The van der Waals surface area contributed by atoms with E-state index in [4.69, 9.17) is 5.73 Å². The van der Waals surface area contributed by atoms with Crippen LogP contribution in [0.3, 0.4) is 0 Å². The van der Waals surface area contributed by atoms with Gasteiger partial charge in [0.15, 0.2) is 5.82 Å². The van der Waals surface area contributed by atoms with Gasteiger partial charge in [-0.2, -0.15) is 5.10 Å². The van der Waals surface area contributed by atoms with Gasteiger partial charge in [0.05, 0.1) is 0 Å². The second kappa shape index (κ2) is 5.66. The molecule has 0 aliphatic heterocycles. The SMILES string of the molecule is NCCNC(=O)C(=O)Nc1cccnn1. The Morgan fingerprint density at radius 1 is 1.40 bits per heavy atom. The summed E-state index contributed by atoms with van der Waals surface area (Å²) >= 11 is 0. The molecule has 0 aliphatic carbocycles. The van der Waals surface area contributed by atoms with Gasteiger partial charge >= 0.3 is 11.8 Å². The molecule has 7 heteroatoms. The molecule has 0 atom stereocenters. The van der Waals surface area contributed by atoms with Gasteiger partial charge in [0, 0.05) is 19.3 Å². The first kappa shape index (κ1) is 11.1. The summed E-state index contributed by atoms with van der Waals surface area (Å²) in [4.78, 5) is 22.3. The Labute approximate surface area is 86.1 Å². The van der Waals surface area contributed by atoms with E-state index in [1.807, 2.05) is 0 Å². The highest BCUT2D eigenvalue weighted by molar-refractivity contribution is 6.39. The molecule has 1 heterocycles. The van der Waals surface area contributed by atoms with Crippen LogP contribution in [0.2, 0.25) is 0 Å². The van der Waals surface area contributed by atoms with Crippen LogP contribution in [-0.2, 0) is 9.59 Å². The number of nitrogens with one attached hydrogen (secondary N) is 2. The number of hydrogen-bond acceptors (Lipinski definition) is 5. The molecule has 0 aromatic carbocycles. The van der Waals surface area contributed by atoms with Crippen LogP contribution >= 0.6 is 0 Å². The van der Waals surface area contributed by atoms with Crippen LogP contribution < -0.4 is 16.4 Å². The topological polar surface area (TPSA) is 110 Å². The summed E-state index contributed by atoms with van der Waals surface area (Å²) in [7, 11) is 0. The smallest absolute Gasteiger partial charge is 0.314 e. The number of amides is 2. The molecular weight excluding hydrogens is 198 g/mol. The van der Waals surface area contributed by atoms with Crippen LogP contribution in [0.5, 0.6) is 0 Å². The fourth-order valence-corrected chi connectivity index (χ4v) is 0.807. The lowest BCUT2D eigenvalue weighted by Gasteiger charge is -2.03. The van der Waals surface area contributed by atoms with Crippen LogP contribution in [-0.4, -0.2) is 35.1 Å². The summed E-state index contributed by atoms with van der Waals surface area (Å²) < 4.78 is 0. The second-order valence-electron chi connectivity index (χ2n) is 2.61. The highest BCUT2D eigenvalue weighted by Crippen LogP contribution is 1.96. The monoisotopic (exact) mass is 209 g/mol. The van der Waals surface area contributed by atoms with Crippen molar-refractivity contribution in [1.82, 2.24) is 15.5 Å². The summed E-state index contributed by atoms with van der Waals surface area (Å²) in [5.74, 6) is -1.31. The number of hydrogen-bond donors (Lipinski definition) is 3. The van der Waals surface area contributed by atoms with E-state index < -0.39 is 11.8 Å². The predicted molar refractivity (Wildman–Crippen MR) is 52.7 cm³/mol. The Morgan fingerprint density at radius 3 is 2.80 bits per heavy atom. The second-order valence-corrected chi connectivity index (χ2v) is 2.61. The molecule has 1 rings (SSSR count). The van der Waals surface area contributed by atoms with Gasteiger partial charge in [-0.1, -0.05) is 0 Å². The molecule has 0 fully saturated rings. The maximum atomic E-state index is 11.2. The number of carbonyl (C=O) groups excluding carboxylic acids is 2. The lowest BCUT2D eigenvalue weighted by atomic mass is 10.4. The molecule has 1 aromatic rings. The Balaban J connectivity index is 2.45. The molecular formula is C8H11N5O2. The van der Waals surface area contributed by atoms with Gasteiger partial charge < -0.3 is 16.4 Å². The van der Waals surface area contributed by atoms with Crippen molar-refractivity contribution in [2.45, 2.75) is 0 Å². The zero-order valence-electron chi connectivity index (χ0n) is 7.93. The predicted octanol–water partition coefficient (Wildman–Crippen LogP) is -1.51. The zero-order valence-corrected chi connectivity index (χ0v) is 7.93. The van der Waals surface area contributed by atoms with Crippen molar-refractivity contribution < 1.29 is 9.59 Å². The number of rotatable bonds is 3. The van der Waals surface area contributed by atoms with Gasteiger partial charge in [0.25, 0.3) is 0 Å². The Morgan fingerprint density at radius 2 is 2.20 bits per heavy atom. The van der Waals surface area contributed by atoms with E-state index in [0.717, 1.165) is 0 Å². The average molecular weight is 209 g/mol. The fourth-order valence-electron chi connectivity index (χ4n) is 0.807. The summed E-state index contributed by atoms with van der Waals surface area (Å²) in [5, 5.41) is 11.8. The Hall–Kier alpha value is -2.02. The maximum absolute atomic E-state index is 11.2. The number of nitrogens with zero attached hydrogens (tertiary/aromatic N) is 2. The minimum atomic E-state index is -0.788. The van der Waals surface area contributed by atoms with Crippen LogP contribution in [0.25, 0.3) is 0 Å². The van der Waals surface area contributed by atoms with Crippen molar-refractivity contribution in [3.63, 3.8) is 0 Å². The number of carbonyl (C=O) groups is 2. The summed E-state index contributed by atoms with van der Waals surface area (Å²) in [5.41, 5.74) is 5.16. The Bertz CT molecular complexity index is 340. The fraction of sp³-hybridized carbons (Fsp3) is 0.250. The lowest BCUT2D eigenvalue weighted by molar-refractivity contribution is -0.136. The van der Waals surface area contributed by atoms with E-state index in [1.54, 1.807) is 6.07 Å². The van der Waals surface area contributed by atoms with Crippen molar-refractivity contribution in [2.24, 2.45) is 5.73 Å². The van der Waals surface area contributed by atoms with Gasteiger partial charge in [-0.25, -0.2) is 0 Å². The van der Waals surface area contributed by atoms with Crippen molar-refractivity contribution in [3.05, 3.63) is 18.3 Å². The molecule has 0 unspecified atom stereocenters. The first-order chi connectivity index (χ1) is 7.24. The molecule has 2 amide bonds. The van der Waals surface area contributed by atoms with Gasteiger partial charge in [-0.15, -0.1) is 5.10 Å². The number of nitrogens with two attached hydrogens (primary N) is 1. The van der Waals surface area contributed by atoms with Crippen LogP contribution in [0, 0.1) is 0 Å². The molecule has 7 nitrogen and oxygen atoms in total. The van der Waals surface area contributed by atoms with Gasteiger partial charge in [0.2, 0.25) is 0 Å². The molecule has 0 spiro atoms. The third-order valence-electron chi connectivity index (χ3n) is 1.45.